The van der Waals surface area contributed by atoms with E-state index in [1.54, 1.807) is 11.8 Å². The Kier molecular flexibility index (Phi) is 6.52. The van der Waals surface area contributed by atoms with Gasteiger partial charge in [-0.05, 0) is 42.5 Å². The van der Waals surface area contributed by atoms with Crippen LogP contribution in [0.5, 0.6) is 0 Å². The standard InChI is InChI=1S/C13H18ClNO4S2/c1-8(7-20-3)6-15-21(18,19)12-5-10(14)4-11(9(12)2)13(16)17/h4-5,8,15H,6-7H2,1-3H3,(H,16,17). The number of hydrogen-bond donors (Lipinski definition) is 2. The summed E-state index contributed by atoms with van der Waals surface area (Å²) >= 11 is 7.46. The van der Waals surface area contributed by atoms with Gasteiger partial charge in [0.05, 0.1) is 10.5 Å². The summed E-state index contributed by atoms with van der Waals surface area (Å²) in [6.45, 7) is 3.68. The van der Waals surface area contributed by atoms with Gasteiger partial charge in [-0.25, -0.2) is 17.9 Å². The molecule has 0 radical (unpaired) electrons. The summed E-state index contributed by atoms with van der Waals surface area (Å²) in [5.41, 5.74) is 0.0666. The molecule has 0 saturated heterocycles. The highest BCUT2D eigenvalue weighted by molar-refractivity contribution is 7.98. The molecular weight excluding hydrogens is 334 g/mol. The molecule has 1 atom stereocenters. The molecule has 0 spiro atoms. The lowest BCUT2D eigenvalue weighted by atomic mass is 10.1. The Bertz CT molecular complexity index is 631. The maximum Gasteiger partial charge on any atom is 0.336 e. The summed E-state index contributed by atoms with van der Waals surface area (Å²) in [5.74, 6) is -0.201. The number of thioether (sulfide) groups is 1. The van der Waals surface area contributed by atoms with Crippen LogP contribution in [0.2, 0.25) is 5.02 Å². The van der Waals surface area contributed by atoms with Crippen LogP contribution in [0.25, 0.3) is 0 Å². The average molecular weight is 352 g/mol. The van der Waals surface area contributed by atoms with E-state index < -0.39 is 16.0 Å². The van der Waals surface area contributed by atoms with Crippen molar-refractivity contribution in [2.75, 3.05) is 18.6 Å². The first kappa shape index (κ1) is 18.3. The Morgan fingerprint density at radius 3 is 2.62 bits per heavy atom. The maximum atomic E-state index is 12.3. The molecule has 1 unspecified atom stereocenters. The number of carbonyl (C=O) groups is 1. The number of rotatable bonds is 7. The molecule has 118 valence electrons. The average Bonchev–Trinajstić information content (AvgIpc) is 2.39. The van der Waals surface area contributed by atoms with E-state index in [0.29, 0.717) is 0 Å². The normalized spacial score (nSPS) is 13.1. The number of carboxylic acids is 1. The highest BCUT2D eigenvalue weighted by atomic mass is 35.5. The van der Waals surface area contributed by atoms with Crippen molar-refractivity contribution >= 4 is 39.4 Å². The zero-order valence-corrected chi connectivity index (χ0v) is 14.4. The predicted molar refractivity (Wildman–Crippen MR) is 85.9 cm³/mol. The lowest BCUT2D eigenvalue weighted by Crippen LogP contribution is -2.30. The second-order valence-electron chi connectivity index (χ2n) is 4.79. The molecule has 0 saturated carbocycles. The Hall–Kier alpha value is -0.760. The molecule has 1 rings (SSSR count). The Morgan fingerprint density at radius 1 is 1.48 bits per heavy atom. The van der Waals surface area contributed by atoms with E-state index >= 15 is 0 Å². The smallest absolute Gasteiger partial charge is 0.336 e. The van der Waals surface area contributed by atoms with Crippen LogP contribution < -0.4 is 4.72 Å². The minimum atomic E-state index is -3.79. The molecule has 0 aliphatic heterocycles. The molecule has 0 aliphatic rings. The van der Waals surface area contributed by atoms with E-state index in [4.69, 9.17) is 16.7 Å². The summed E-state index contributed by atoms with van der Waals surface area (Å²) < 4.78 is 27.1. The van der Waals surface area contributed by atoms with Crippen molar-refractivity contribution in [1.29, 1.82) is 0 Å². The molecule has 2 N–H and O–H groups in total. The number of nitrogens with one attached hydrogen (secondary N) is 1. The second-order valence-corrected chi connectivity index (χ2v) is 7.88. The van der Waals surface area contributed by atoms with Gasteiger partial charge in [-0.1, -0.05) is 18.5 Å². The van der Waals surface area contributed by atoms with E-state index in [0.717, 1.165) is 5.75 Å². The molecule has 5 nitrogen and oxygen atoms in total. The van der Waals surface area contributed by atoms with Crippen LogP contribution in [0.4, 0.5) is 0 Å². The van der Waals surface area contributed by atoms with Gasteiger partial charge in [0, 0.05) is 11.6 Å². The summed E-state index contributed by atoms with van der Waals surface area (Å²) in [7, 11) is -3.79. The summed E-state index contributed by atoms with van der Waals surface area (Å²) in [4.78, 5) is 11.0. The van der Waals surface area contributed by atoms with Crippen LogP contribution in [0, 0.1) is 12.8 Å². The molecule has 8 heteroatoms. The van der Waals surface area contributed by atoms with Gasteiger partial charge in [-0.15, -0.1) is 0 Å². The van der Waals surface area contributed by atoms with Gasteiger partial charge < -0.3 is 5.11 Å². The minimum absolute atomic E-state index is 0.0792. The Morgan fingerprint density at radius 2 is 2.10 bits per heavy atom. The third kappa shape index (κ3) is 4.88. The first-order valence-corrected chi connectivity index (χ1v) is 9.46. The quantitative estimate of drug-likeness (QED) is 0.789. The first-order valence-electron chi connectivity index (χ1n) is 6.21. The van der Waals surface area contributed by atoms with Crippen LogP contribution in [-0.2, 0) is 10.0 Å². The van der Waals surface area contributed by atoms with Gasteiger partial charge in [0.25, 0.3) is 0 Å². The molecule has 0 aliphatic carbocycles. The van der Waals surface area contributed by atoms with Crippen molar-refractivity contribution in [3.63, 3.8) is 0 Å². The van der Waals surface area contributed by atoms with E-state index in [2.05, 4.69) is 4.72 Å². The van der Waals surface area contributed by atoms with E-state index in [1.165, 1.54) is 19.1 Å². The summed E-state index contributed by atoms with van der Waals surface area (Å²) in [6, 6.07) is 2.51. The third-order valence-electron chi connectivity index (χ3n) is 2.92. The van der Waals surface area contributed by atoms with Crippen molar-refractivity contribution in [2.45, 2.75) is 18.7 Å². The van der Waals surface area contributed by atoms with Crippen molar-refractivity contribution in [3.05, 3.63) is 28.3 Å². The molecule has 0 heterocycles. The fourth-order valence-corrected chi connectivity index (χ4v) is 4.25. The molecule has 21 heavy (non-hydrogen) atoms. The second kappa shape index (κ2) is 7.49. The summed E-state index contributed by atoms with van der Waals surface area (Å²) in [5, 5.41) is 9.17. The predicted octanol–water partition coefficient (Wildman–Crippen LogP) is 2.62. The van der Waals surface area contributed by atoms with E-state index in [9.17, 15) is 13.2 Å². The zero-order valence-electron chi connectivity index (χ0n) is 12.0. The number of aromatic carboxylic acids is 1. The lowest BCUT2D eigenvalue weighted by Gasteiger charge is -2.14. The topological polar surface area (TPSA) is 83.5 Å². The van der Waals surface area contributed by atoms with Crippen molar-refractivity contribution in [1.82, 2.24) is 4.72 Å². The number of halogens is 1. The Labute approximate surface area is 134 Å². The molecule has 0 aromatic heterocycles. The van der Waals surface area contributed by atoms with Gasteiger partial charge in [0.15, 0.2) is 0 Å². The number of carboxylic acid groups (broad SMARTS) is 1. The van der Waals surface area contributed by atoms with Crippen molar-refractivity contribution in [3.8, 4) is 0 Å². The molecule has 0 fully saturated rings. The van der Waals surface area contributed by atoms with E-state index in [-0.39, 0.29) is 33.5 Å². The van der Waals surface area contributed by atoms with Crippen LogP contribution in [0.3, 0.4) is 0 Å². The van der Waals surface area contributed by atoms with Crippen LogP contribution in [-0.4, -0.2) is 38.0 Å². The van der Waals surface area contributed by atoms with Crippen LogP contribution in [0.15, 0.2) is 17.0 Å². The third-order valence-corrected chi connectivity index (χ3v) is 5.59. The summed E-state index contributed by atoms with van der Waals surface area (Å²) in [6.07, 6.45) is 1.95. The molecule has 0 bridgehead atoms. The number of sulfonamides is 1. The van der Waals surface area contributed by atoms with E-state index in [1.807, 2.05) is 13.2 Å². The van der Waals surface area contributed by atoms with Crippen molar-refractivity contribution in [2.24, 2.45) is 5.92 Å². The number of hydrogen-bond acceptors (Lipinski definition) is 4. The largest absolute Gasteiger partial charge is 0.478 e. The lowest BCUT2D eigenvalue weighted by molar-refractivity contribution is 0.0696. The molecular formula is C13H18ClNO4S2. The van der Waals surface area contributed by atoms with Crippen LogP contribution >= 0.6 is 23.4 Å². The van der Waals surface area contributed by atoms with Gasteiger partial charge in [0.1, 0.15) is 0 Å². The van der Waals surface area contributed by atoms with Crippen molar-refractivity contribution < 1.29 is 18.3 Å². The maximum absolute atomic E-state index is 12.3. The molecule has 1 aromatic rings. The fourth-order valence-electron chi connectivity index (χ4n) is 1.83. The number of benzene rings is 1. The highest BCUT2D eigenvalue weighted by Crippen LogP contribution is 2.24. The Balaban J connectivity index is 3.11. The monoisotopic (exact) mass is 351 g/mol. The van der Waals surface area contributed by atoms with Gasteiger partial charge >= 0.3 is 5.97 Å². The van der Waals surface area contributed by atoms with Gasteiger partial charge in [0.2, 0.25) is 10.0 Å². The van der Waals surface area contributed by atoms with Gasteiger partial charge in [-0.3, -0.25) is 0 Å². The molecule has 1 aromatic carbocycles. The molecule has 0 amide bonds. The first-order chi connectivity index (χ1) is 9.69. The zero-order chi connectivity index (χ0) is 16.2. The SMILES string of the molecule is CSCC(C)CNS(=O)(=O)c1cc(Cl)cc(C(=O)O)c1C. The fraction of sp³-hybridized carbons (Fsp3) is 0.462. The highest BCUT2D eigenvalue weighted by Gasteiger charge is 2.22. The van der Waals surface area contributed by atoms with Crippen LogP contribution in [0.1, 0.15) is 22.8 Å². The minimum Gasteiger partial charge on any atom is -0.478 e. The van der Waals surface area contributed by atoms with Gasteiger partial charge in [-0.2, -0.15) is 11.8 Å².